The number of alkyl carbamates (subject to hydrolysis) is 1. The fraction of sp³-hybridized carbons (Fsp3) is 0.231. The largest absolute Gasteiger partial charge is 0.477 e. The van der Waals surface area contributed by atoms with Crippen molar-refractivity contribution in [2.24, 2.45) is 0 Å². The molecule has 0 saturated heterocycles. The molecule has 2 aromatic carbocycles. The summed E-state index contributed by atoms with van der Waals surface area (Å²) < 4.78 is 5.58. The molecule has 3 aromatic rings. The Bertz CT molecular complexity index is 1190. The number of ether oxygens (including phenoxy) is 1. The van der Waals surface area contributed by atoms with Crippen LogP contribution in [0.2, 0.25) is 0 Å². The molecule has 35 heavy (non-hydrogen) atoms. The molecule has 1 aliphatic carbocycles. The van der Waals surface area contributed by atoms with Crippen LogP contribution in [0.15, 0.2) is 66.9 Å². The molecule has 1 aliphatic rings. The molecule has 9 heteroatoms. The maximum absolute atomic E-state index is 12.8. The van der Waals surface area contributed by atoms with Crippen molar-refractivity contribution in [1.82, 2.24) is 10.3 Å². The quantitative estimate of drug-likeness (QED) is 0.407. The van der Waals surface area contributed by atoms with Crippen LogP contribution < -0.4 is 10.6 Å². The predicted octanol–water partition coefficient (Wildman–Crippen LogP) is 4.38. The van der Waals surface area contributed by atoms with Gasteiger partial charge in [-0.1, -0.05) is 48.5 Å². The zero-order valence-electron chi connectivity index (χ0n) is 19.1. The highest BCUT2D eigenvalue weighted by Gasteiger charge is 2.29. The smallest absolute Gasteiger partial charge is 0.407 e. The van der Waals surface area contributed by atoms with Gasteiger partial charge in [0.15, 0.2) is 0 Å². The van der Waals surface area contributed by atoms with Crippen LogP contribution in [0.25, 0.3) is 11.1 Å². The highest BCUT2D eigenvalue weighted by atomic mass is 32.2. The van der Waals surface area contributed by atoms with Crippen LogP contribution in [0.5, 0.6) is 0 Å². The van der Waals surface area contributed by atoms with Gasteiger partial charge in [0.05, 0.1) is 11.9 Å². The van der Waals surface area contributed by atoms with Gasteiger partial charge in [0.2, 0.25) is 5.91 Å². The van der Waals surface area contributed by atoms with Crippen LogP contribution >= 0.6 is 11.8 Å². The lowest BCUT2D eigenvalue weighted by Gasteiger charge is -2.19. The third-order valence-corrected chi connectivity index (χ3v) is 6.46. The van der Waals surface area contributed by atoms with E-state index in [2.05, 4.69) is 27.8 Å². The average Bonchev–Trinajstić information content (AvgIpc) is 3.19. The predicted molar refractivity (Wildman–Crippen MR) is 135 cm³/mol. The van der Waals surface area contributed by atoms with E-state index >= 15 is 0 Å². The Kier molecular flexibility index (Phi) is 7.67. The second kappa shape index (κ2) is 11.1. The molecule has 0 spiro atoms. The summed E-state index contributed by atoms with van der Waals surface area (Å²) in [5, 5.41) is 14.3. The first-order valence-corrected chi connectivity index (χ1v) is 12.5. The molecule has 0 unspecified atom stereocenters. The Balaban J connectivity index is 1.40. The number of hydrogen-bond donors (Lipinski definition) is 3. The number of carbonyl (C=O) groups is 3. The lowest BCUT2D eigenvalue weighted by molar-refractivity contribution is -0.118. The molecule has 1 aromatic heterocycles. The second-order valence-corrected chi connectivity index (χ2v) is 9.02. The van der Waals surface area contributed by atoms with Crippen molar-refractivity contribution in [2.75, 3.05) is 23.9 Å². The number of hydrogen-bond acceptors (Lipinski definition) is 6. The summed E-state index contributed by atoms with van der Waals surface area (Å²) >= 11 is 1.55. The number of aromatic nitrogens is 1. The summed E-state index contributed by atoms with van der Waals surface area (Å²) in [5.41, 5.74) is 4.70. The number of rotatable bonds is 9. The van der Waals surface area contributed by atoms with Crippen molar-refractivity contribution in [3.63, 3.8) is 0 Å². The van der Waals surface area contributed by atoms with Gasteiger partial charge in [-0.15, -0.1) is 0 Å². The third kappa shape index (κ3) is 5.63. The monoisotopic (exact) mass is 491 g/mol. The highest BCUT2D eigenvalue weighted by Crippen LogP contribution is 2.44. The van der Waals surface area contributed by atoms with Crippen molar-refractivity contribution in [3.8, 4) is 11.1 Å². The van der Waals surface area contributed by atoms with Gasteiger partial charge in [0.1, 0.15) is 18.3 Å². The van der Waals surface area contributed by atoms with Crippen LogP contribution in [-0.2, 0) is 9.53 Å². The molecule has 1 heterocycles. The first-order chi connectivity index (χ1) is 17.0. The molecule has 4 rings (SSSR count). The van der Waals surface area contributed by atoms with E-state index in [9.17, 15) is 14.4 Å². The van der Waals surface area contributed by atoms with Crippen molar-refractivity contribution in [1.29, 1.82) is 0 Å². The van der Waals surface area contributed by atoms with Gasteiger partial charge in [-0.05, 0) is 52.8 Å². The number of pyridine rings is 1. The molecule has 0 aliphatic heterocycles. The van der Waals surface area contributed by atoms with E-state index in [4.69, 9.17) is 9.84 Å². The maximum Gasteiger partial charge on any atom is 0.407 e. The number of nitrogens with zero attached hydrogens (tertiary/aromatic N) is 1. The van der Waals surface area contributed by atoms with Crippen molar-refractivity contribution >= 4 is 35.4 Å². The number of carboxylic acid groups (broad SMARTS) is 1. The molecule has 8 nitrogen and oxygen atoms in total. The van der Waals surface area contributed by atoms with Gasteiger partial charge >= 0.3 is 12.1 Å². The summed E-state index contributed by atoms with van der Waals surface area (Å²) in [4.78, 5) is 40.3. The van der Waals surface area contributed by atoms with Gasteiger partial charge in [0, 0.05) is 5.92 Å². The lowest BCUT2D eigenvalue weighted by Crippen LogP contribution is -2.44. The van der Waals surface area contributed by atoms with E-state index in [1.54, 1.807) is 11.8 Å². The first kappa shape index (κ1) is 24.3. The zero-order valence-corrected chi connectivity index (χ0v) is 19.9. The Morgan fingerprint density at radius 2 is 1.69 bits per heavy atom. The van der Waals surface area contributed by atoms with Crippen LogP contribution in [0.4, 0.5) is 10.5 Å². The number of thioether (sulfide) groups is 1. The summed E-state index contributed by atoms with van der Waals surface area (Å²) in [6, 6.07) is 18.1. The van der Waals surface area contributed by atoms with Crippen molar-refractivity contribution in [2.45, 2.75) is 18.4 Å². The Morgan fingerprint density at radius 3 is 2.26 bits per heavy atom. The fourth-order valence-corrected chi connectivity index (χ4v) is 4.58. The number of nitrogens with one attached hydrogen (secondary N) is 2. The van der Waals surface area contributed by atoms with E-state index < -0.39 is 24.0 Å². The molecule has 180 valence electrons. The molecule has 1 atom stereocenters. The number of carboxylic acids is 1. The van der Waals surface area contributed by atoms with Crippen LogP contribution in [-0.4, -0.2) is 52.7 Å². The number of aromatic carboxylic acids is 1. The fourth-order valence-electron chi connectivity index (χ4n) is 4.11. The minimum atomic E-state index is -1.15. The van der Waals surface area contributed by atoms with Gasteiger partial charge in [0.25, 0.3) is 0 Å². The van der Waals surface area contributed by atoms with Crippen LogP contribution in [0.1, 0.15) is 34.0 Å². The Hall–Kier alpha value is -3.85. The second-order valence-electron chi connectivity index (χ2n) is 8.03. The molecular weight excluding hydrogens is 466 g/mol. The molecule has 2 amide bonds. The van der Waals surface area contributed by atoms with Crippen LogP contribution in [0.3, 0.4) is 0 Å². The lowest BCUT2D eigenvalue weighted by atomic mass is 9.98. The standard InChI is InChI=1S/C26H25N3O5S/c1-35-13-12-22(24(30)28-16-10-11-23(25(31)32)27-14-16)29-26(33)34-15-21-19-8-4-2-6-17(19)18-7-3-5-9-20(18)21/h2-11,14,21-22H,12-13,15H2,1H3,(H,28,30)(H,29,33)(H,31,32)/t22-/m1/s1. The summed E-state index contributed by atoms with van der Waals surface area (Å²) in [7, 11) is 0. The Labute approximate surface area is 207 Å². The number of benzene rings is 2. The van der Waals surface area contributed by atoms with E-state index in [1.807, 2.05) is 42.7 Å². The SMILES string of the molecule is CSCC[C@@H](NC(=O)OCC1c2ccccc2-c2ccccc21)C(=O)Nc1ccc(C(=O)O)nc1. The molecule has 0 saturated carbocycles. The zero-order chi connectivity index (χ0) is 24.8. The van der Waals surface area contributed by atoms with Crippen LogP contribution in [0, 0.1) is 0 Å². The van der Waals surface area contributed by atoms with Crippen molar-refractivity contribution < 1.29 is 24.2 Å². The average molecular weight is 492 g/mol. The molecule has 0 radical (unpaired) electrons. The minimum Gasteiger partial charge on any atom is -0.477 e. The molecule has 0 bridgehead atoms. The van der Waals surface area contributed by atoms with E-state index in [0.29, 0.717) is 17.9 Å². The highest BCUT2D eigenvalue weighted by molar-refractivity contribution is 7.98. The van der Waals surface area contributed by atoms with Gasteiger partial charge in [-0.25, -0.2) is 14.6 Å². The van der Waals surface area contributed by atoms with Gasteiger partial charge in [-0.3, -0.25) is 4.79 Å². The minimum absolute atomic E-state index is 0.0783. The molecule has 3 N–H and O–H groups in total. The maximum atomic E-state index is 12.8. The van der Waals surface area contributed by atoms with Crippen molar-refractivity contribution in [3.05, 3.63) is 83.7 Å². The van der Waals surface area contributed by atoms with Gasteiger partial charge in [-0.2, -0.15) is 11.8 Å². The number of anilines is 1. The summed E-state index contributed by atoms with van der Waals surface area (Å²) in [6.07, 6.45) is 2.90. The summed E-state index contributed by atoms with van der Waals surface area (Å²) in [6.45, 7) is 0.150. The van der Waals surface area contributed by atoms with Gasteiger partial charge < -0.3 is 20.5 Å². The molecule has 0 fully saturated rings. The molecular formula is C26H25N3O5S. The van der Waals surface area contributed by atoms with E-state index in [-0.39, 0.29) is 18.2 Å². The Morgan fingerprint density at radius 1 is 1.03 bits per heavy atom. The number of carbonyl (C=O) groups excluding carboxylic acids is 2. The summed E-state index contributed by atoms with van der Waals surface area (Å²) in [5.74, 6) is -1.02. The third-order valence-electron chi connectivity index (χ3n) is 5.81. The topological polar surface area (TPSA) is 118 Å². The van der Waals surface area contributed by atoms with E-state index in [1.165, 1.54) is 18.3 Å². The normalized spacial score (nSPS) is 12.8. The van der Waals surface area contributed by atoms with E-state index in [0.717, 1.165) is 22.3 Å². The number of fused-ring (bicyclic) bond motifs is 3. The first-order valence-electron chi connectivity index (χ1n) is 11.1. The number of amides is 2.